The Morgan fingerprint density at radius 1 is 1.39 bits per heavy atom. The van der Waals surface area contributed by atoms with Gasteiger partial charge in [-0.15, -0.1) is 0 Å². The summed E-state index contributed by atoms with van der Waals surface area (Å²) in [6, 6.07) is 3.95. The lowest BCUT2D eigenvalue weighted by molar-refractivity contribution is -0.121. The van der Waals surface area contributed by atoms with E-state index in [0.717, 1.165) is 28.2 Å². The van der Waals surface area contributed by atoms with Crippen molar-refractivity contribution in [1.82, 2.24) is 19.9 Å². The van der Waals surface area contributed by atoms with Crippen molar-refractivity contribution < 1.29 is 9.32 Å². The molecule has 0 saturated heterocycles. The van der Waals surface area contributed by atoms with Crippen LogP contribution in [0.5, 0.6) is 0 Å². The Kier molecular flexibility index (Phi) is 4.14. The summed E-state index contributed by atoms with van der Waals surface area (Å²) < 4.78 is 7.10. The van der Waals surface area contributed by atoms with Crippen molar-refractivity contribution in [2.75, 3.05) is 0 Å². The minimum Gasteiger partial charge on any atom is -0.361 e. The molecule has 0 aromatic carbocycles. The smallest absolute Gasteiger partial charge is 0.220 e. The second kappa shape index (κ2) is 6.24. The van der Waals surface area contributed by atoms with E-state index in [1.807, 2.05) is 49.7 Å². The summed E-state index contributed by atoms with van der Waals surface area (Å²) in [6.45, 7) is 6.29. The van der Waals surface area contributed by atoms with E-state index in [0.29, 0.717) is 13.0 Å². The van der Waals surface area contributed by atoms with Gasteiger partial charge in [-0.25, -0.2) is 4.98 Å². The van der Waals surface area contributed by atoms with E-state index in [4.69, 9.17) is 4.52 Å². The average molecular weight is 312 g/mol. The van der Waals surface area contributed by atoms with E-state index in [1.165, 1.54) is 0 Å². The number of carbonyl (C=O) groups excluding carboxylic acids is 1. The van der Waals surface area contributed by atoms with E-state index < -0.39 is 0 Å². The SMILES string of the molecule is Cc1noc(C)c1C(C)CC(=O)NCc1ccn2ccnc2c1. The van der Waals surface area contributed by atoms with Crippen LogP contribution < -0.4 is 5.32 Å². The number of nitrogens with one attached hydrogen (secondary N) is 1. The molecule has 0 spiro atoms. The van der Waals surface area contributed by atoms with Crippen LogP contribution in [0, 0.1) is 13.8 Å². The number of aryl methyl sites for hydroxylation is 2. The third-order valence-corrected chi connectivity index (χ3v) is 4.02. The maximum Gasteiger partial charge on any atom is 0.220 e. The molecule has 0 radical (unpaired) electrons. The van der Waals surface area contributed by atoms with Crippen LogP contribution in [0.4, 0.5) is 0 Å². The first kappa shape index (κ1) is 15.3. The minimum atomic E-state index is 0.0146. The molecule has 1 N–H and O–H groups in total. The number of amides is 1. The monoisotopic (exact) mass is 312 g/mol. The third-order valence-electron chi connectivity index (χ3n) is 4.02. The van der Waals surface area contributed by atoms with Crippen LogP contribution in [0.15, 0.2) is 35.2 Å². The number of imidazole rings is 1. The van der Waals surface area contributed by atoms with Crippen molar-refractivity contribution in [2.24, 2.45) is 0 Å². The molecular formula is C17H20N4O2. The Morgan fingerprint density at radius 2 is 2.22 bits per heavy atom. The van der Waals surface area contributed by atoms with Crippen molar-refractivity contribution in [3.05, 3.63) is 53.3 Å². The van der Waals surface area contributed by atoms with Gasteiger partial charge in [-0.3, -0.25) is 4.79 Å². The zero-order chi connectivity index (χ0) is 16.4. The molecule has 6 nitrogen and oxygen atoms in total. The number of rotatable bonds is 5. The predicted octanol–water partition coefficient (Wildman–Crippen LogP) is 2.75. The molecule has 23 heavy (non-hydrogen) atoms. The molecule has 3 rings (SSSR count). The summed E-state index contributed by atoms with van der Waals surface area (Å²) in [5.74, 6) is 0.879. The van der Waals surface area contributed by atoms with Gasteiger partial charge in [-0.2, -0.15) is 0 Å². The van der Waals surface area contributed by atoms with Crippen molar-refractivity contribution in [1.29, 1.82) is 0 Å². The van der Waals surface area contributed by atoms with Gasteiger partial charge in [0.05, 0.1) is 5.69 Å². The fourth-order valence-electron chi connectivity index (χ4n) is 2.91. The number of carbonyl (C=O) groups is 1. The quantitative estimate of drug-likeness (QED) is 0.786. The van der Waals surface area contributed by atoms with E-state index >= 15 is 0 Å². The van der Waals surface area contributed by atoms with Crippen molar-refractivity contribution >= 4 is 11.6 Å². The van der Waals surface area contributed by atoms with Gasteiger partial charge in [0.25, 0.3) is 0 Å². The second-order valence-electron chi connectivity index (χ2n) is 5.85. The molecule has 3 heterocycles. The summed E-state index contributed by atoms with van der Waals surface area (Å²) in [6.07, 6.45) is 6.00. The van der Waals surface area contributed by atoms with Crippen LogP contribution in [0.1, 0.15) is 41.8 Å². The maximum atomic E-state index is 12.2. The molecule has 0 saturated carbocycles. The summed E-state index contributed by atoms with van der Waals surface area (Å²) >= 11 is 0. The molecular weight excluding hydrogens is 292 g/mol. The Hall–Kier alpha value is -2.63. The Balaban J connectivity index is 1.59. The molecule has 3 aromatic heterocycles. The molecule has 0 aliphatic rings. The first-order valence-electron chi connectivity index (χ1n) is 7.65. The lowest BCUT2D eigenvalue weighted by Gasteiger charge is -2.11. The summed E-state index contributed by atoms with van der Waals surface area (Å²) in [5, 5.41) is 6.91. The molecule has 0 bridgehead atoms. The van der Waals surface area contributed by atoms with Gasteiger partial charge in [0.1, 0.15) is 11.4 Å². The Bertz CT molecular complexity index is 815. The number of hydrogen-bond donors (Lipinski definition) is 1. The van der Waals surface area contributed by atoms with E-state index in [2.05, 4.69) is 15.5 Å². The third kappa shape index (κ3) is 3.26. The average Bonchev–Trinajstić information content (AvgIpc) is 3.11. The van der Waals surface area contributed by atoms with Gasteiger partial charge < -0.3 is 14.2 Å². The first-order valence-corrected chi connectivity index (χ1v) is 7.65. The van der Waals surface area contributed by atoms with E-state index in [-0.39, 0.29) is 11.8 Å². The van der Waals surface area contributed by atoms with E-state index in [1.54, 1.807) is 6.20 Å². The highest BCUT2D eigenvalue weighted by molar-refractivity contribution is 5.77. The fourth-order valence-corrected chi connectivity index (χ4v) is 2.91. The predicted molar refractivity (Wildman–Crippen MR) is 86.0 cm³/mol. The van der Waals surface area contributed by atoms with Crippen LogP contribution in [-0.2, 0) is 11.3 Å². The zero-order valence-corrected chi connectivity index (χ0v) is 13.5. The number of pyridine rings is 1. The van der Waals surface area contributed by atoms with Gasteiger partial charge in [0, 0.05) is 37.1 Å². The number of nitrogens with zero attached hydrogens (tertiary/aromatic N) is 3. The Morgan fingerprint density at radius 3 is 2.96 bits per heavy atom. The van der Waals surface area contributed by atoms with Crippen LogP contribution >= 0.6 is 0 Å². The largest absolute Gasteiger partial charge is 0.361 e. The number of aromatic nitrogens is 3. The Labute approximate surface area is 134 Å². The zero-order valence-electron chi connectivity index (χ0n) is 13.5. The molecule has 1 unspecified atom stereocenters. The second-order valence-corrected chi connectivity index (χ2v) is 5.85. The van der Waals surface area contributed by atoms with Crippen LogP contribution in [0.25, 0.3) is 5.65 Å². The summed E-state index contributed by atoms with van der Waals surface area (Å²) in [5.41, 5.74) is 3.79. The molecule has 1 atom stereocenters. The lowest BCUT2D eigenvalue weighted by atomic mass is 9.96. The van der Waals surface area contributed by atoms with Crippen LogP contribution in [0.3, 0.4) is 0 Å². The highest BCUT2D eigenvalue weighted by Crippen LogP contribution is 2.25. The normalized spacial score (nSPS) is 12.5. The van der Waals surface area contributed by atoms with Crippen LogP contribution in [-0.4, -0.2) is 20.4 Å². The standard InChI is InChI=1S/C17H20N4O2/c1-11(17-12(2)20-23-13(17)3)8-16(22)19-10-14-4-6-21-7-5-18-15(21)9-14/h4-7,9,11H,8,10H2,1-3H3,(H,19,22). The lowest BCUT2D eigenvalue weighted by Crippen LogP contribution is -2.24. The van der Waals surface area contributed by atoms with Gasteiger partial charge in [-0.05, 0) is 37.5 Å². The molecule has 1 amide bonds. The molecule has 3 aromatic rings. The summed E-state index contributed by atoms with van der Waals surface area (Å²) in [4.78, 5) is 16.4. The highest BCUT2D eigenvalue weighted by Gasteiger charge is 2.19. The van der Waals surface area contributed by atoms with Crippen molar-refractivity contribution in [3.8, 4) is 0 Å². The van der Waals surface area contributed by atoms with Crippen molar-refractivity contribution in [3.63, 3.8) is 0 Å². The highest BCUT2D eigenvalue weighted by atomic mass is 16.5. The molecule has 0 fully saturated rings. The molecule has 0 aliphatic carbocycles. The molecule has 120 valence electrons. The number of hydrogen-bond acceptors (Lipinski definition) is 4. The van der Waals surface area contributed by atoms with E-state index in [9.17, 15) is 4.79 Å². The minimum absolute atomic E-state index is 0.0146. The first-order chi connectivity index (χ1) is 11.0. The van der Waals surface area contributed by atoms with Crippen LogP contribution in [0.2, 0.25) is 0 Å². The topological polar surface area (TPSA) is 72.4 Å². The van der Waals surface area contributed by atoms with Gasteiger partial charge in [0.15, 0.2) is 0 Å². The number of fused-ring (bicyclic) bond motifs is 1. The van der Waals surface area contributed by atoms with Gasteiger partial charge in [-0.1, -0.05) is 12.1 Å². The maximum absolute atomic E-state index is 12.2. The molecule has 6 heteroatoms. The van der Waals surface area contributed by atoms with Gasteiger partial charge >= 0.3 is 0 Å². The molecule has 0 aliphatic heterocycles. The van der Waals surface area contributed by atoms with Crippen molar-refractivity contribution in [2.45, 2.75) is 39.7 Å². The van der Waals surface area contributed by atoms with Gasteiger partial charge in [0.2, 0.25) is 5.91 Å². The summed E-state index contributed by atoms with van der Waals surface area (Å²) in [7, 11) is 0. The fraction of sp³-hybridized carbons (Fsp3) is 0.353.